The van der Waals surface area contributed by atoms with Gasteiger partial charge in [-0.3, -0.25) is 14.2 Å². The molecule has 1 N–H and O–H groups in total. The fourth-order valence-corrected chi connectivity index (χ4v) is 4.01. The molecule has 0 unspecified atom stereocenters. The topological polar surface area (TPSA) is 81.8 Å². The van der Waals surface area contributed by atoms with Gasteiger partial charge in [0, 0.05) is 25.2 Å². The number of aryl methyl sites for hydroxylation is 4. The number of fused-ring (bicyclic) bond motifs is 1. The maximum atomic E-state index is 13.8. The number of alkyl halides is 3. The van der Waals surface area contributed by atoms with E-state index in [1.807, 2.05) is 13.0 Å². The van der Waals surface area contributed by atoms with E-state index >= 15 is 0 Å². The normalized spacial score (nSPS) is 11.7. The van der Waals surface area contributed by atoms with Gasteiger partial charge in [-0.1, -0.05) is 18.2 Å². The van der Waals surface area contributed by atoms with E-state index in [0.717, 1.165) is 11.6 Å². The van der Waals surface area contributed by atoms with Gasteiger partial charge in [-0.05, 0) is 56.2 Å². The summed E-state index contributed by atoms with van der Waals surface area (Å²) in [6.07, 6.45) is -3.30. The van der Waals surface area contributed by atoms with Crippen LogP contribution >= 0.6 is 0 Å². The van der Waals surface area contributed by atoms with Crippen LogP contribution in [0.2, 0.25) is 0 Å². The molecule has 0 bridgehead atoms. The van der Waals surface area contributed by atoms with Crippen LogP contribution in [0.1, 0.15) is 34.5 Å². The van der Waals surface area contributed by atoms with Gasteiger partial charge in [-0.25, -0.2) is 9.67 Å². The van der Waals surface area contributed by atoms with E-state index < -0.39 is 17.6 Å². The number of carbonyl (C=O) groups excluding carboxylic acids is 1. The highest BCUT2D eigenvalue weighted by Crippen LogP contribution is 2.33. The average Bonchev–Trinajstić information content (AvgIpc) is 3.14. The monoisotopic (exact) mass is 483 g/mol. The zero-order valence-electron chi connectivity index (χ0n) is 19.5. The van der Waals surface area contributed by atoms with Crippen molar-refractivity contribution in [1.29, 1.82) is 0 Å². The second-order valence-corrected chi connectivity index (χ2v) is 8.42. The van der Waals surface area contributed by atoms with E-state index in [1.54, 1.807) is 38.1 Å². The van der Waals surface area contributed by atoms with Gasteiger partial charge < -0.3 is 5.32 Å². The third-order valence-corrected chi connectivity index (χ3v) is 5.76. The maximum absolute atomic E-state index is 13.8. The molecule has 0 radical (unpaired) electrons. The Morgan fingerprint density at radius 1 is 1.09 bits per heavy atom. The van der Waals surface area contributed by atoms with Gasteiger partial charge in [0.1, 0.15) is 0 Å². The molecule has 2 aromatic carbocycles. The lowest BCUT2D eigenvalue weighted by molar-refractivity contribution is -0.138. The number of hydrogen-bond acceptors (Lipinski definition) is 4. The Morgan fingerprint density at radius 2 is 1.86 bits per heavy atom. The van der Waals surface area contributed by atoms with Crippen molar-refractivity contribution < 1.29 is 18.0 Å². The number of aromatic nitrogens is 4. The molecule has 0 aliphatic heterocycles. The summed E-state index contributed by atoms with van der Waals surface area (Å²) in [6.45, 7) is 5.14. The van der Waals surface area contributed by atoms with Gasteiger partial charge in [-0.2, -0.15) is 18.3 Å². The van der Waals surface area contributed by atoms with Crippen LogP contribution in [-0.2, 0) is 24.1 Å². The van der Waals surface area contributed by atoms with E-state index in [-0.39, 0.29) is 36.3 Å². The molecule has 0 atom stereocenters. The average molecular weight is 483 g/mol. The standard InChI is InChI=1S/C25H24F3N5O2/c1-15-5-4-6-20-23(15)30-14-32(24(20)35)10-9-22(34)29-13-18-7-8-19(12-21(18)25(26,27)28)33-17(3)11-16(2)31-33/h4-8,11-12,14H,9-10,13H2,1-3H3,(H,29,34). The Morgan fingerprint density at radius 3 is 2.54 bits per heavy atom. The number of hydrogen-bond donors (Lipinski definition) is 1. The highest BCUT2D eigenvalue weighted by atomic mass is 19.4. The highest BCUT2D eigenvalue weighted by molar-refractivity contribution is 5.80. The number of para-hydroxylation sites is 1. The van der Waals surface area contributed by atoms with E-state index in [2.05, 4.69) is 15.4 Å². The minimum atomic E-state index is -4.60. The molecule has 0 saturated carbocycles. The van der Waals surface area contributed by atoms with Crippen LogP contribution in [0.4, 0.5) is 13.2 Å². The van der Waals surface area contributed by atoms with Crippen LogP contribution < -0.4 is 10.9 Å². The van der Waals surface area contributed by atoms with Crippen molar-refractivity contribution in [3.8, 4) is 5.69 Å². The van der Waals surface area contributed by atoms with Crippen LogP contribution in [0.3, 0.4) is 0 Å². The van der Waals surface area contributed by atoms with Gasteiger partial charge in [0.25, 0.3) is 5.56 Å². The minimum Gasteiger partial charge on any atom is -0.352 e. The number of carbonyl (C=O) groups is 1. The van der Waals surface area contributed by atoms with E-state index in [1.165, 1.54) is 21.6 Å². The second-order valence-electron chi connectivity index (χ2n) is 8.42. The molecule has 35 heavy (non-hydrogen) atoms. The van der Waals surface area contributed by atoms with Gasteiger partial charge in [0.2, 0.25) is 5.91 Å². The van der Waals surface area contributed by atoms with Crippen LogP contribution in [0.25, 0.3) is 16.6 Å². The smallest absolute Gasteiger partial charge is 0.352 e. The summed E-state index contributed by atoms with van der Waals surface area (Å²) >= 11 is 0. The zero-order chi connectivity index (χ0) is 25.3. The zero-order valence-corrected chi connectivity index (χ0v) is 19.5. The van der Waals surface area contributed by atoms with Gasteiger partial charge in [0.15, 0.2) is 0 Å². The molecule has 2 heterocycles. The number of rotatable bonds is 6. The van der Waals surface area contributed by atoms with Crippen LogP contribution in [0.5, 0.6) is 0 Å². The summed E-state index contributed by atoms with van der Waals surface area (Å²) in [4.78, 5) is 29.3. The summed E-state index contributed by atoms with van der Waals surface area (Å²) in [7, 11) is 0. The molecule has 0 saturated heterocycles. The first kappa shape index (κ1) is 24.2. The minimum absolute atomic E-state index is 0.0591. The SMILES string of the molecule is Cc1cc(C)n(-c2ccc(CNC(=O)CCn3cnc4c(C)cccc4c3=O)c(C(F)(F)F)c2)n1. The Bertz CT molecular complexity index is 1470. The van der Waals surface area contributed by atoms with Crippen LogP contribution in [0, 0.1) is 20.8 Å². The summed E-state index contributed by atoms with van der Waals surface area (Å²) < 4.78 is 44.0. The first-order valence-electron chi connectivity index (χ1n) is 11.0. The quantitative estimate of drug-likeness (QED) is 0.445. The summed E-state index contributed by atoms with van der Waals surface area (Å²) in [6, 6.07) is 11.0. The first-order valence-corrected chi connectivity index (χ1v) is 11.0. The van der Waals surface area contributed by atoms with Crippen molar-refractivity contribution in [2.45, 2.75) is 46.5 Å². The number of nitrogens with one attached hydrogen (secondary N) is 1. The Labute approximate surface area is 199 Å². The molecule has 0 aliphatic carbocycles. The number of nitrogens with zero attached hydrogens (tertiary/aromatic N) is 4. The van der Waals surface area contributed by atoms with Crippen molar-refractivity contribution in [1.82, 2.24) is 24.6 Å². The molecule has 0 spiro atoms. The van der Waals surface area contributed by atoms with Crippen molar-refractivity contribution >= 4 is 16.8 Å². The largest absolute Gasteiger partial charge is 0.416 e. The van der Waals surface area contributed by atoms with Crippen molar-refractivity contribution in [3.63, 3.8) is 0 Å². The molecule has 7 nitrogen and oxygen atoms in total. The van der Waals surface area contributed by atoms with Gasteiger partial charge >= 0.3 is 6.18 Å². The van der Waals surface area contributed by atoms with E-state index in [9.17, 15) is 22.8 Å². The molecule has 4 aromatic rings. The predicted octanol–water partition coefficient (Wildman–Crippen LogP) is 4.23. The molecule has 0 aliphatic rings. The molecule has 1 amide bonds. The molecule has 10 heteroatoms. The van der Waals surface area contributed by atoms with Gasteiger partial charge in [0.05, 0.1) is 34.2 Å². The lowest BCUT2D eigenvalue weighted by Gasteiger charge is -2.16. The van der Waals surface area contributed by atoms with Gasteiger partial charge in [-0.15, -0.1) is 0 Å². The summed E-state index contributed by atoms with van der Waals surface area (Å²) in [5, 5.41) is 7.21. The molecule has 182 valence electrons. The molecule has 2 aromatic heterocycles. The highest BCUT2D eigenvalue weighted by Gasteiger charge is 2.34. The molecular formula is C25H24F3N5O2. The Kier molecular flexibility index (Phi) is 6.47. The van der Waals surface area contributed by atoms with Crippen molar-refractivity contribution in [2.75, 3.05) is 0 Å². The lowest BCUT2D eigenvalue weighted by Crippen LogP contribution is -2.28. The van der Waals surface area contributed by atoms with Crippen molar-refractivity contribution in [2.24, 2.45) is 0 Å². The number of amides is 1. The van der Waals surface area contributed by atoms with E-state index in [4.69, 9.17) is 0 Å². The predicted molar refractivity (Wildman–Crippen MR) is 125 cm³/mol. The fourth-order valence-electron chi connectivity index (χ4n) is 4.01. The molecule has 0 fully saturated rings. The second kappa shape index (κ2) is 9.36. The van der Waals surface area contributed by atoms with Crippen molar-refractivity contribution in [3.05, 3.63) is 87.2 Å². The first-order chi connectivity index (χ1) is 16.5. The summed E-state index contributed by atoms with van der Waals surface area (Å²) in [5.41, 5.74) is 2.00. The summed E-state index contributed by atoms with van der Waals surface area (Å²) in [5.74, 6) is -0.475. The maximum Gasteiger partial charge on any atom is 0.416 e. The third kappa shape index (κ3) is 5.11. The Balaban J connectivity index is 1.47. The third-order valence-electron chi connectivity index (χ3n) is 5.76. The van der Waals surface area contributed by atoms with Crippen LogP contribution in [0.15, 0.2) is 53.6 Å². The lowest BCUT2D eigenvalue weighted by atomic mass is 10.1. The number of benzene rings is 2. The van der Waals surface area contributed by atoms with E-state index in [0.29, 0.717) is 22.3 Å². The molecular weight excluding hydrogens is 459 g/mol. The molecule has 4 rings (SSSR count). The fraction of sp³-hybridized carbons (Fsp3) is 0.280. The number of halogens is 3. The van der Waals surface area contributed by atoms with Crippen LogP contribution in [-0.4, -0.2) is 25.2 Å². The Hall–Kier alpha value is -3.95.